The van der Waals surface area contributed by atoms with Crippen molar-refractivity contribution in [3.8, 4) is 5.69 Å². The average molecular weight is 394 g/mol. The standard InChI is InChI=1S/C21H16ClN3OS/c1-13-8-10-15(11-9-13)21-23-20(26)18(27-21)12-17-14(2)24-25(19(17)22)16-6-4-3-5-7-16/h3-12H,1-2H3/b18-12+. The maximum absolute atomic E-state index is 12.4. The van der Waals surface area contributed by atoms with Crippen molar-refractivity contribution in [1.82, 2.24) is 9.78 Å². The first kappa shape index (κ1) is 17.8. The van der Waals surface area contributed by atoms with Crippen LogP contribution in [0.2, 0.25) is 5.15 Å². The molecule has 2 aromatic carbocycles. The molecule has 4 nitrogen and oxygen atoms in total. The Morgan fingerprint density at radius 1 is 1.04 bits per heavy atom. The largest absolute Gasteiger partial charge is 0.284 e. The van der Waals surface area contributed by atoms with Gasteiger partial charge in [-0.2, -0.15) is 5.10 Å². The predicted molar refractivity (Wildman–Crippen MR) is 112 cm³/mol. The van der Waals surface area contributed by atoms with E-state index >= 15 is 0 Å². The summed E-state index contributed by atoms with van der Waals surface area (Å²) in [5.41, 5.74) is 4.47. The Labute approximate surface area is 166 Å². The van der Waals surface area contributed by atoms with Gasteiger partial charge in [0.05, 0.1) is 16.3 Å². The molecule has 0 fully saturated rings. The molecule has 1 aromatic heterocycles. The Hall–Kier alpha value is -2.63. The van der Waals surface area contributed by atoms with E-state index in [1.807, 2.05) is 68.4 Å². The molecule has 1 aliphatic heterocycles. The normalized spacial score (nSPS) is 15.4. The molecule has 1 aliphatic rings. The van der Waals surface area contributed by atoms with Crippen molar-refractivity contribution in [3.63, 3.8) is 0 Å². The molecule has 0 spiro atoms. The molecule has 6 heteroatoms. The molecule has 0 saturated heterocycles. The molecule has 2 heterocycles. The smallest absolute Gasteiger partial charge is 0.266 e. The van der Waals surface area contributed by atoms with Gasteiger partial charge in [-0.25, -0.2) is 9.67 Å². The minimum absolute atomic E-state index is 0.251. The van der Waals surface area contributed by atoms with E-state index in [1.165, 1.54) is 17.3 Å². The van der Waals surface area contributed by atoms with Crippen LogP contribution in [0.3, 0.4) is 0 Å². The molecular formula is C21H16ClN3OS. The minimum Gasteiger partial charge on any atom is -0.266 e. The number of hydrogen-bond acceptors (Lipinski definition) is 3. The zero-order chi connectivity index (χ0) is 19.0. The van der Waals surface area contributed by atoms with Crippen LogP contribution in [0.1, 0.15) is 22.4 Å². The van der Waals surface area contributed by atoms with Crippen LogP contribution in [0, 0.1) is 13.8 Å². The Bertz CT molecular complexity index is 1080. The first-order valence-electron chi connectivity index (χ1n) is 8.43. The topological polar surface area (TPSA) is 47.2 Å². The molecule has 0 atom stereocenters. The fourth-order valence-corrected chi connectivity index (χ4v) is 4.00. The number of thioether (sulfide) groups is 1. The lowest BCUT2D eigenvalue weighted by molar-refractivity contribution is -0.113. The van der Waals surface area contributed by atoms with Crippen molar-refractivity contribution in [2.75, 3.05) is 0 Å². The molecule has 0 radical (unpaired) electrons. The fraction of sp³-hybridized carbons (Fsp3) is 0.0952. The van der Waals surface area contributed by atoms with Gasteiger partial charge in [-0.1, -0.05) is 71.4 Å². The zero-order valence-corrected chi connectivity index (χ0v) is 16.4. The van der Waals surface area contributed by atoms with Crippen LogP contribution in [0.15, 0.2) is 64.5 Å². The number of aromatic nitrogens is 2. The number of benzene rings is 2. The number of hydrogen-bond donors (Lipinski definition) is 0. The molecule has 0 N–H and O–H groups in total. The van der Waals surface area contributed by atoms with Gasteiger partial charge in [0.1, 0.15) is 10.2 Å². The summed E-state index contributed by atoms with van der Waals surface area (Å²) in [6.07, 6.45) is 1.78. The number of halogens is 1. The first-order valence-corrected chi connectivity index (χ1v) is 9.62. The van der Waals surface area contributed by atoms with Gasteiger partial charge < -0.3 is 0 Å². The summed E-state index contributed by atoms with van der Waals surface area (Å²) in [6.45, 7) is 3.91. The van der Waals surface area contributed by atoms with Crippen molar-refractivity contribution < 1.29 is 4.79 Å². The molecular weight excluding hydrogens is 378 g/mol. The van der Waals surface area contributed by atoms with Crippen molar-refractivity contribution in [3.05, 3.63) is 87.0 Å². The minimum atomic E-state index is -0.251. The molecule has 0 bridgehead atoms. The molecule has 0 unspecified atom stereocenters. The van der Waals surface area contributed by atoms with E-state index in [-0.39, 0.29) is 5.91 Å². The number of amides is 1. The van der Waals surface area contributed by atoms with Crippen LogP contribution in [0.25, 0.3) is 11.8 Å². The molecule has 134 valence electrons. The predicted octanol–water partition coefficient (Wildman–Crippen LogP) is 5.20. The number of para-hydroxylation sites is 1. The average Bonchev–Trinajstić information content (AvgIpc) is 3.18. The highest BCUT2D eigenvalue weighted by atomic mass is 35.5. The molecule has 4 rings (SSSR count). The summed E-state index contributed by atoms with van der Waals surface area (Å²) in [6, 6.07) is 17.6. The van der Waals surface area contributed by atoms with Gasteiger partial charge in [0.25, 0.3) is 5.91 Å². The summed E-state index contributed by atoms with van der Waals surface area (Å²) >= 11 is 7.92. The van der Waals surface area contributed by atoms with Crippen molar-refractivity contribution in [2.45, 2.75) is 13.8 Å². The van der Waals surface area contributed by atoms with Gasteiger partial charge in [0.2, 0.25) is 0 Å². The second-order valence-electron chi connectivity index (χ2n) is 6.24. The highest BCUT2D eigenvalue weighted by Gasteiger charge is 2.24. The lowest BCUT2D eigenvalue weighted by atomic mass is 10.2. The summed E-state index contributed by atoms with van der Waals surface area (Å²) < 4.78 is 1.68. The Balaban J connectivity index is 1.66. The summed E-state index contributed by atoms with van der Waals surface area (Å²) in [5.74, 6) is -0.251. The third-order valence-electron chi connectivity index (χ3n) is 4.24. The van der Waals surface area contributed by atoms with E-state index in [0.29, 0.717) is 15.1 Å². The quantitative estimate of drug-likeness (QED) is 0.574. The van der Waals surface area contributed by atoms with Crippen LogP contribution >= 0.6 is 23.4 Å². The van der Waals surface area contributed by atoms with E-state index in [9.17, 15) is 4.79 Å². The first-order chi connectivity index (χ1) is 13.0. The second-order valence-corrected chi connectivity index (χ2v) is 7.62. The van der Waals surface area contributed by atoms with Crippen LogP contribution in [0.4, 0.5) is 0 Å². The van der Waals surface area contributed by atoms with Crippen molar-refractivity contribution in [2.24, 2.45) is 4.99 Å². The van der Waals surface area contributed by atoms with Gasteiger partial charge in [0, 0.05) is 11.1 Å². The lowest BCUT2D eigenvalue weighted by Crippen LogP contribution is -1.95. The summed E-state index contributed by atoms with van der Waals surface area (Å²) in [4.78, 5) is 17.1. The third kappa shape index (κ3) is 3.48. The summed E-state index contributed by atoms with van der Waals surface area (Å²) in [5, 5.41) is 5.70. The maximum Gasteiger partial charge on any atom is 0.284 e. The highest BCUT2D eigenvalue weighted by Crippen LogP contribution is 2.34. The van der Waals surface area contributed by atoms with Crippen LogP contribution < -0.4 is 0 Å². The fourth-order valence-electron chi connectivity index (χ4n) is 2.78. The number of carbonyl (C=O) groups is 1. The Kier molecular flexibility index (Phi) is 4.72. The molecule has 27 heavy (non-hydrogen) atoms. The van der Waals surface area contributed by atoms with Gasteiger partial charge in [-0.3, -0.25) is 4.79 Å². The second kappa shape index (κ2) is 7.18. The van der Waals surface area contributed by atoms with Gasteiger partial charge in [-0.15, -0.1) is 0 Å². The lowest BCUT2D eigenvalue weighted by Gasteiger charge is -2.02. The third-order valence-corrected chi connectivity index (χ3v) is 5.64. The monoisotopic (exact) mass is 393 g/mol. The van der Waals surface area contributed by atoms with Gasteiger partial charge in [0.15, 0.2) is 0 Å². The number of rotatable bonds is 3. The van der Waals surface area contributed by atoms with Crippen molar-refractivity contribution in [1.29, 1.82) is 0 Å². The highest BCUT2D eigenvalue weighted by molar-refractivity contribution is 8.19. The van der Waals surface area contributed by atoms with Crippen molar-refractivity contribution >= 4 is 40.4 Å². The van der Waals surface area contributed by atoms with E-state index in [4.69, 9.17) is 11.6 Å². The Morgan fingerprint density at radius 3 is 2.44 bits per heavy atom. The number of carbonyl (C=O) groups excluding carboxylic acids is 1. The molecule has 3 aromatic rings. The Morgan fingerprint density at radius 2 is 1.74 bits per heavy atom. The van der Waals surface area contributed by atoms with Crippen LogP contribution in [-0.4, -0.2) is 20.7 Å². The molecule has 0 saturated carbocycles. The zero-order valence-electron chi connectivity index (χ0n) is 14.8. The van der Waals surface area contributed by atoms with Crippen LogP contribution in [-0.2, 0) is 4.79 Å². The number of aryl methyl sites for hydroxylation is 2. The number of aliphatic imine (C=N–C) groups is 1. The van der Waals surface area contributed by atoms with E-state index in [0.717, 1.165) is 22.5 Å². The summed E-state index contributed by atoms with van der Waals surface area (Å²) in [7, 11) is 0. The molecule has 1 amide bonds. The molecule has 0 aliphatic carbocycles. The number of nitrogens with zero attached hydrogens (tertiary/aromatic N) is 3. The van der Waals surface area contributed by atoms with Gasteiger partial charge >= 0.3 is 0 Å². The van der Waals surface area contributed by atoms with Crippen LogP contribution in [0.5, 0.6) is 0 Å². The van der Waals surface area contributed by atoms with E-state index < -0.39 is 0 Å². The SMILES string of the molecule is Cc1ccc(C2=NC(=O)/C(=C\c3c(C)nn(-c4ccccc4)c3Cl)S2)cc1. The van der Waals surface area contributed by atoms with E-state index in [2.05, 4.69) is 10.1 Å². The van der Waals surface area contributed by atoms with Gasteiger partial charge in [-0.05, 0) is 32.1 Å². The maximum atomic E-state index is 12.4. The van der Waals surface area contributed by atoms with E-state index in [1.54, 1.807) is 10.8 Å².